The lowest BCUT2D eigenvalue weighted by molar-refractivity contribution is -0.885. The highest BCUT2D eigenvalue weighted by Gasteiger charge is 2.15. The number of nitrogens with one attached hydrogen (secondary N) is 3. The molecule has 3 N–H and O–H groups in total. The summed E-state index contributed by atoms with van der Waals surface area (Å²) < 4.78 is 1.15. The Bertz CT molecular complexity index is 608. The molecule has 0 saturated carbocycles. The number of amides is 3. The first-order chi connectivity index (χ1) is 10.1. The summed E-state index contributed by atoms with van der Waals surface area (Å²) in [6.45, 7) is 3.18. The summed E-state index contributed by atoms with van der Waals surface area (Å²) in [6, 6.07) is 7.51. The number of likely N-dealkylation sites (N-methyl/N-ethyl adjacent to an activating group) is 1. The number of benzene rings is 1. The first-order valence-corrected chi connectivity index (χ1v) is 7.63. The number of thiazole rings is 1. The fraction of sp³-hybridized carbons (Fsp3) is 0.357. The van der Waals surface area contributed by atoms with E-state index in [2.05, 4.69) is 15.6 Å². The van der Waals surface area contributed by atoms with E-state index in [1.54, 1.807) is 18.3 Å². The van der Waals surface area contributed by atoms with Crippen molar-refractivity contribution >= 4 is 33.5 Å². The van der Waals surface area contributed by atoms with Crippen LogP contribution in [0.4, 0.5) is 4.79 Å². The van der Waals surface area contributed by atoms with Crippen LogP contribution in [0.25, 0.3) is 10.2 Å². The van der Waals surface area contributed by atoms with Gasteiger partial charge in [0, 0.05) is 6.54 Å². The average Bonchev–Trinajstić information content (AvgIpc) is 2.80. The Kier molecular flexibility index (Phi) is 5.24. The molecule has 21 heavy (non-hydrogen) atoms. The smallest absolute Gasteiger partial charge is 0.321 e. The topological polar surface area (TPSA) is 75.5 Å². The summed E-state index contributed by atoms with van der Waals surface area (Å²) in [5.41, 5.74) is 0.983. The van der Waals surface area contributed by atoms with E-state index in [4.69, 9.17) is 0 Å². The molecule has 3 amide bonds. The molecule has 2 aromatic rings. The van der Waals surface area contributed by atoms with Crippen LogP contribution in [0.1, 0.15) is 11.9 Å². The zero-order valence-electron chi connectivity index (χ0n) is 12.1. The summed E-state index contributed by atoms with van der Waals surface area (Å²) in [5.74, 6) is -0.292. The largest absolute Gasteiger partial charge is 0.338 e. The van der Waals surface area contributed by atoms with Gasteiger partial charge in [-0.25, -0.2) is 9.78 Å². The molecule has 1 aromatic heterocycles. The lowest BCUT2D eigenvalue weighted by atomic mass is 10.3. The van der Waals surface area contributed by atoms with Crippen molar-refractivity contribution in [1.82, 2.24) is 15.6 Å². The zero-order chi connectivity index (χ0) is 15.2. The number of urea groups is 1. The minimum atomic E-state index is -0.449. The molecule has 7 heteroatoms. The first-order valence-electron chi connectivity index (χ1n) is 6.82. The number of para-hydroxylation sites is 1. The number of nitrogens with zero attached hydrogens (tertiary/aromatic N) is 1. The summed E-state index contributed by atoms with van der Waals surface area (Å²) >= 11 is 1.63. The number of carbonyl (C=O) groups excluding carboxylic acids is 2. The third-order valence-corrected chi connectivity index (χ3v) is 3.88. The number of carbonyl (C=O) groups is 2. The molecule has 0 fully saturated rings. The van der Waals surface area contributed by atoms with Crippen molar-refractivity contribution in [1.29, 1.82) is 0 Å². The van der Waals surface area contributed by atoms with Gasteiger partial charge in [0.25, 0.3) is 5.91 Å². The van der Waals surface area contributed by atoms with Gasteiger partial charge in [-0.15, -0.1) is 11.3 Å². The maximum Gasteiger partial charge on any atom is 0.321 e. The second-order valence-corrected chi connectivity index (χ2v) is 5.91. The third kappa shape index (κ3) is 4.51. The predicted octanol–water partition coefficient (Wildman–Crippen LogP) is 0.157. The second kappa shape index (κ2) is 7.14. The van der Waals surface area contributed by atoms with Gasteiger partial charge >= 0.3 is 6.03 Å². The van der Waals surface area contributed by atoms with Crippen molar-refractivity contribution < 1.29 is 14.5 Å². The number of imide groups is 1. The van der Waals surface area contributed by atoms with Gasteiger partial charge in [-0.2, -0.15) is 0 Å². The molecule has 2 rings (SSSR count). The molecule has 0 spiro atoms. The molecule has 1 unspecified atom stereocenters. The van der Waals surface area contributed by atoms with Crippen molar-refractivity contribution in [3.05, 3.63) is 29.3 Å². The molecule has 112 valence electrons. The van der Waals surface area contributed by atoms with Gasteiger partial charge in [0.1, 0.15) is 11.6 Å². The Labute approximate surface area is 127 Å². The van der Waals surface area contributed by atoms with Crippen LogP contribution in [0, 0.1) is 0 Å². The van der Waals surface area contributed by atoms with Crippen LogP contribution in [0.2, 0.25) is 0 Å². The van der Waals surface area contributed by atoms with Crippen LogP contribution < -0.4 is 15.5 Å². The zero-order valence-corrected chi connectivity index (χ0v) is 12.9. The van der Waals surface area contributed by atoms with Crippen molar-refractivity contribution in [3.8, 4) is 0 Å². The number of rotatable bonds is 5. The molecule has 0 aliphatic heterocycles. The van der Waals surface area contributed by atoms with E-state index in [-0.39, 0.29) is 12.5 Å². The Morgan fingerprint density at radius 2 is 2.10 bits per heavy atom. The standard InChI is InChI=1S/C14H18N4O2S/c1-3-15-14(20)17-12(19)8-18(2)9-13-16-10-6-4-5-7-11(10)21-13/h4-7H,3,8-9H2,1-2H3,(H2,15,17,19,20)/p+1. The summed E-state index contributed by atoms with van der Waals surface area (Å²) in [6.07, 6.45) is 0. The van der Waals surface area contributed by atoms with Gasteiger partial charge < -0.3 is 10.2 Å². The maximum atomic E-state index is 11.7. The fourth-order valence-corrected chi connectivity index (χ4v) is 3.05. The van der Waals surface area contributed by atoms with Crippen molar-refractivity contribution in [3.63, 3.8) is 0 Å². The lowest BCUT2D eigenvalue weighted by Crippen LogP contribution is -3.09. The Morgan fingerprint density at radius 1 is 1.33 bits per heavy atom. The van der Waals surface area contributed by atoms with Crippen LogP contribution in [0.3, 0.4) is 0 Å². The number of aromatic nitrogens is 1. The van der Waals surface area contributed by atoms with Gasteiger partial charge in [0.15, 0.2) is 6.54 Å². The highest BCUT2D eigenvalue weighted by molar-refractivity contribution is 7.18. The molecule has 1 aromatic carbocycles. The van der Waals surface area contributed by atoms with Gasteiger partial charge in [0.05, 0.1) is 17.3 Å². The fourth-order valence-electron chi connectivity index (χ4n) is 1.97. The molecule has 0 aliphatic rings. The Morgan fingerprint density at radius 3 is 2.81 bits per heavy atom. The molecule has 1 heterocycles. The minimum Gasteiger partial charge on any atom is -0.338 e. The quantitative estimate of drug-likeness (QED) is 0.736. The molecule has 0 radical (unpaired) electrons. The first kappa shape index (κ1) is 15.4. The highest BCUT2D eigenvalue weighted by atomic mass is 32.1. The highest BCUT2D eigenvalue weighted by Crippen LogP contribution is 2.20. The normalized spacial score (nSPS) is 12.1. The van der Waals surface area contributed by atoms with Crippen LogP contribution >= 0.6 is 11.3 Å². The number of hydrogen-bond acceptors (Lipinski definition) is 4. The molecular formula is C14H19N4O2S+. The third-order valence-electron chi connectivity index (χ3n) is 2.84. The van der Waals surface area contributed by atoms with E-state index in [0.717, 1.165) is 20.1 Å². The molecule has 0 bridgehead atoms. The molecule has 0 aliphatic carbocycles. The van der Waals surface area contributed by atoms with Gasteiger partial charge in [-0.1, -0.05) is 12.1 Å². The van der Waals surface area contributed by atoms with E-state index in [1.807, 2.05) is 31.3 Å². The van der Waals surface area contributed by atoms with E-state index in [0.29, 0.717) is 13.1 Å². The SMILES string of the molecule is CCNC(=O)NC(=O)C[NH+](C)Cc1nc2ccccc2s1. The average molecular weight is 307 g/mol. The summed E-state index contributed by atoms with van der Waals surface area (Å²) in [4.78, 5) is 28.5. The van der Waals surface area contributed by atoms with Crippen molar-refractivity contribution in [2.24, 2.45) is 0 Å². The Hall–Kier alpha value is -1.99. The van der Waals surface area contributed by atoms with Crippen LogP contribution in [-0.4, -0.2) is 37.1 Å². The number of quaternary nitrogens is 1. The number of hydrogen-bond donors (Lipinski definition) is 3. The molecule has 0 saturated heterocycles. The van der Waals surface area contributed by atoms with Crippen molar-refractivity contribution in [2.45, 2.75) is 13.5 Å². The number of fused-ring (bicyclic) bond motifs is 1. The van der Waals surface area contributed by atoms with Crippen LogP contribution in [-0.2, 0) is 11.3 Å². The van der Waals surface area contributed by atoms with Crippen LogP contribution in [0.5, 0.6) is 0 Å². The Balaban J connectivity index is 1.87. The van der Waals surface area contributed by atoms with Crippen LogP contribution in [0.15, 0.2) is 24.3 Å². The minimum absolute atomic E-state index is 0.229. The van der Waals surface area contributed by atoms with E-state index >= 15 is 0 Å². The molecule has 6 nitrogen and oxygen atoms in total. The summed E-state index contributed by atoms with van der Waals surface area (Å²) in [7, 11) is 1.91. The van der Waals surface area contributed by atoms with Gasteiger partial charge in [-0.3, -0.25) is 10.1 Å². The summed E-state index contributed by atoms with van der Waals surface area (Å²) in [5, 5.41) is 5.81. The second-order valence-electron chi connectivity index (χ2n) is 4.79. The van der Waals surface area contributed by atoms with E-state index in [1.165, 1.54) is 0 Å². The lowest BCUT2D eigenvalue weighted by Gasteiger charge is -2.11. The molecular weight excluding hydrogens is 288 g/mol. The monoisotopic (exact) mass is 307 g/mol. The van der Waals surface area contributed by atoms with Crippen molar-refractivity contribution in [2.75, 3.05) is 20.1 Å². The van der Waals surface area contributed by atoms with E-state index in [9.17, 15) is 9.59 Å². The van der Waals surface area contributed by atoms with Gasteiger partial charge in [0.2, 0.25) is 0 Å². The van der Waals surface area contributed by atoms with Gasteiger partial charge in [-0.05, 0) is 19.1 Å². The predicted molar refractivity (Wildman–Crippen MR) is 82.3 cm³/mol. The maximum absolute atomic E-state index is 11.7. The van der Waals surface area contributed by atoms with E-state index < -0.39 is 6.03 Å². The molecule has 1 atom stereocenters.